The van der Waals surface area contributed by atoms with Crippen LogP contribution in [0.4, 0.5) is 17.3 Å². The first kappa shape index (κ1) is 38.7. The van der Waals surface area contributed by atoms with Crippen LogP contribution in [-0.4, -0.2) is 32.7 Å². The second kappa shape index (κ2) is 23.3. The topological polar surface area (TPSA) is 52.0 Å². The van der Waals surface area contributed by atoms with Crippen LogP contribution in [0.3, 0.4) is 0 Å². The standard InChI is InChI=1S/2C14H16NP.C3H5.BF4.Ru/c2*15-11-12-16(13-7-3-1-4-8-13)14-9-5-2-6-10-14;1-3-2;2-1(3,4)5;/h2*1-10H,11-12,15H2;3H,1-2H2;;/q;;2*-1;+2. The maximum atomic E-state index is 9.75. The molecule has 0 saturated carbocycles. The summed E-state index contributed by atoms with van der Waals surface area (Å²) >= 11 is 0. The molecule has 0 aliphatic rings. The van der Waals surface area contributed by atoms with Gasteiger partial charge in [-0.25, -0.2) is 19.6 Å². The van der Waals surface area contributed by atoms with E-state index in [0.29, 0.717) is 0 Å². The molecular formula is C31H37BF4N2P2Ru. The summed E-state index contributed by atoms with van der Waals surface area (Å²) in [6.07, 6.45) is 3.62. The number of hydrogen-bond donors (Lipinski definition) is 2. The number of hydrogen-bond acceptors (Lipinski definition) is 2. The maximum absolute atomic E-state index is 9.75. The monoisotopic (exact) mass is 688 g/mol. The Morgan fingerprint density at radius 2 is 0.732 bits per heavy atom. The summed E-state index contributed by atoms with van der Waals surface area (Å²) in [6, 6.07) is 42.7. The third kappa shape index (κ3) is 18.0. The molecule has 0 aliphatic carbocycles. The Hall–Kier alpha value is -2.32. The van der Waals surface area contributed by atoms with E-state index < -0.39 is 7.25 Å². The van der Waals surface area contributed by atoms with Gasteiger partial charge in [-0.15, -0.1) is 0 Å². The van der Waals surface area contributed by atoms with Gasteiger partial charge >= 0.3 is 26.7 Å². The molecule has 0 aliphatic heterocycles. The van der Waals surface area contributed by atoms with Gasteiger partial charge in [0.15, 0.2) is 0 Å². The molecule has 4 aromatic carbocycles. The molecule has 4 N–H and O–H groups in total. The van der Waals surface area contributed by atoms with Crippen LogP contribution in [-0.2, 0) is 19.5 Å². The Bertz CT molecular complexity index is 990. The smallest absolute Gasteiger partial charge is 0.418 e. The van der Waals surface area contributed by atoms with Gasteiger partial charge in [0.05, 0.1) is 0 Å². The summed E-state index contributed by atoms with van der Waals surface area (Å²) in [7, 11) is -6.55. The molecule has 0 amide bonds. The molecule has 10 heteroatoms. The minimum atomic E-state index is -6.00. The van der Waals surface area contributed by atoms with E-state index in [-0.39, 0.29) is 35.3 Å². The normalized spacial score (nSPS) is 10.0. The van der Waals surface area contributed by atoms with Gasteiger partial charge in [0.1, 0.15) is 0 Å². The second-order valence-corrected chi connectivity index (χ2v) is 12.7. The van der Waals surface area contributed by atoms with Crippen molar-refractivity contribution in [3.05, 3.63) is 141 Å². The number of rotatable bonds is 8. The predicted octanol–water partition coefficient (Wildman–Crippen LogP) is 6.46. The quantitative estimate of drug-likeness (QED) is 0.0968. The van der Waals surface area contributed by atoms with E-state index in [9.17, 15) is 17.3 Å². The first-order valence-corrected chi connectivity index (χ1v) is 15.7. The van der Waals surface area contributed by atoms with Crippen molar-refractivity contribution in [2.75, 3.05) is 25.4 Å². The van der Waals surface area contributed by atoms with Gasteiger partial charge in [0.2, 0.25) is 0 Å². The van der Waals surface area contributed by atoms with Crippen molar-refractivity contribution in [1.82, 2.24) is 0 Å². The van der Waals surface area contributed by atoms with Gasteiger partial charge in [-0.1, -0.05) is 121 Å². The number of allylic oxidation sites excluding steroid dienone is 1. The summed E-state index contributed by atoms with van der Waals surface area (Å²) < 4.78 is 39.0. The van der Waals surface area contributed by atoms with Crippen LogP contribution in [0.25, 0.3) is 0 Å². The molecule has 0 atom stereocenters. The summed E-state index contributed by atoms with van der Waals surface area (Å²) in [5.74, 6) is 0. The number of benzene rings is 4. The molecule has 2 nitrogen and oxygen atoms in total. The predicted molar refractivity (Wildman–Crippen MR) is 172 cm³/mol. The summed E-state index contributed by atoms with van der Waals surface area (Å²) in [6.45, 7) is 7.99. The summed E-state index contributed by atoms with van der Waals surface area (Å²) in [5.41, 5.74) is 11.4. The summed E-state index contributed by atoms with van der Waals surface area (Å²) in [5, 5.41) is 5.64. The van der Waals surface area contributed by atoms with Crippen molar-refractivity contribution in [2.45, 2.75) is 0 Å². The molecule has 0 aromatic heterocycles. The Morgan fingerprint density at radius 3 is 0.878 bits per heavy atom. The fourth-order valence-corrected chi connectivity index (χ4v) is 7.78. The third-order valence-electron chi connectivity index (χ3n) is 4.98. The third-order valence-corrected chi connectivity index (χ3v) is 10.1. The van der Waals surface area contributed by atoms with Crippen LogP contribution < -0.4 is 32.7 Å². The van der Waals surface area contributed by atoms with Gasteiger partial charge in [-0.2, -0.15) is 0 Å². The Kier molecular flexibility index (Phi) is 21.9. The van der Waals surface area contributed by atoms with Gasteiger partial charge < -0.3 is 28.7 Å². The molecular weight excluding hydrogens is 650 g/mol. The molecule has 0 unspecified atom stereocenters. The molecule has 0 heterocycles. The minimum Gasteiger partial charge on any atom is -0.418 e. The van der Waals surface area contributed by atoms with Crippen LogP contribution in [0, 0.1) is 6.92 Å². The van der Waals surface area contributed by atoms with Gasteiger partial charge in [-0.05, 0) is 62.5 Å². The van der Waals surface area contributed by atoms with E-state index in [4.69, 9.17) is 11.5 Å². The van der Waals surface area contributed by atoms with Crippen molar-refractivity contribution in [3.63, 3.8) is 0 Å². The van der Waals surface area contributed by atoms with Crippen molar-refractivity contribution in [2.24, 2.45) is 11.5 Å². The fraction of sp³-hybridized carbons (Fsp3) is 0.129. The van der Waals surface area contributed by atoms with Crippen molar-refractivity contribution < 1.29 is 36.7 Å². The first-order chi connectivity index (χ1) is 19.2. The average Bonchev–Trinajstić information content (AvgIpc) is 2.96. The molecule has 0 bridgehead atoms. The van der Waals surface area contributed by atoms with E-state index in [0.717, 1.165) is 25.4 Å². The zero-order valence-electron chi connectivity index (χ0n) is 22.9. The Labute approximate surface area is 258 Å². The van der Waals surface area contributed by atoms with E-state index in [1.54, 1.807) is 0 Å². The Balaban J connectivity index is 0.000000609. The van der Waals surface area contributed by atoms with Crippen molar-refractivity contribution in [3.8, 4) is 0 Å². The van der Waals surface area contributed by atoms with E-state index in [2.05, 4.69) is 135 Å². The van der Waals surface area contributed by atoms with Gasteiger partial charge in [-0.3, -0.25) is 0 Å². The average molecular weight is 687 g/mol. The number of halogens is 4. The molecule has 220 valence electrons. The van der Waals surface area contributed by atoms with Crippen LogP contribution in [0.5, 0.6) is 0 Å². The fourth-order valence-electron chi connectivity index (χ4n) is 3.50. The molecule has 4 rings (SSSR count). The zero-order valence-corrected chi connectivity index (χ0v) is 26.4. The largest absolute Gasteiger partial charge is 2.00 e. The molecule has 0 fully saturated rings. The molecule has 0 saturated heterocycles. The minimum absolute atomic E-state index is 0. The van der Waals surface area contributed by atoms with E-state index in [1.807, 2.05) is 0 Å². The zero-order chi connectivity index (χ0) is 29.6. The molecule has 0 spiro atoms. The maximum Gasteiger partial charge on any atom is 2.00 e. The van der Waals surface area contributed by atoms with Gasteiger partial charge in [0.25, 0.3) is 0 Å². The molecule has 0 radical (unpaired) electrons. The summed E-state index contributed by atoms with van der Waals surface area (Å²) in [4.78, 5) is 0. The van der Waals surface area contributed by atoms with Crippen LogP contribution in [0.1, 0.15) is 0 Å². The van der Waals surface area contributed by atoms with E-state index in [1.165, 1.54) is 27.3 Å². The molecule has 41 heavy (non-hydrogen) atoms. The molecule has 4 aromatic rings. The van der Waals surface area contributed by atoms with Crippen molar-refractivity contribution in [1.29, 1.82) is 0 Å². The van der Waals surface area contributed by atoms with Crippen LogP contribution >= 0.6 is 15.8 Å². The SMILES string of the molecule is C=C[CH2-].F[B-](F)(F)F.NCCP(c1ccccc1)c1ccccc1.NCCP(c1ccccc1)c1ccccc1.[Ru+2]. The first-order valence-electron chi connectivity index (χ1n) is 12.7. The number of nitrogens with two attached hydrogens (primary N) is 2. The van der Waals surface area contributed by atoms with Crippen LogP contribution in [0.15, 0.2) is 134 Å². The second-order valence-electron chi connectivity index (χ2n) is 8.01. The van der Waals surface area contributed by atoms with Crippen molar-refractivity contribution >= 4 is 44.3 Å². The van der Waals surface area contributed by atoms with Crippen LogP contribution in [0.2, 0.25) is 0 Å². The Morgan fingerprint density at radius 1 is 0.561 bits per heavy atom. The van der Waals surface area contributed by atoms with Gasteiger partial charge in [0, 0.05) is 0 Å². The van der Waals surface area contributed by atoms with E-state index >= 15 is 0 Å².